The van der Waals surface area contributed by atoms with Crippen molar-refractivity contribution in [3.63, 3.8) is 0 Å². The Morgan fingerprint density at radius 1 is 1.20 bits per heavy atom. The van der Waals surface area contributed by atoms with E-state index in [0.717, 1.165) is 34.5 Å². The Kier molecular flexibility index (Phi) is 5.06. The van der Waals surface area contributed by atoms with Gasteiger partial charge in [-0.25, -0.2) is 9.97 Å². The van der Waals surface area contributed by atoms with E-state index in [1.165, 1.54) is 0 Å². The molecule has 1 N–H and O–H groups in total. The fourth-order valence-electron chi connectivity index (χ4n) is 1.96. The number of anilines is 1. The van der Waals surface area contributed by atoms with Crippen molar-refractivity contribution in [3.8, 4) is 11.4 Å². The average Bonchev–Trinajstić information content (AvgIpc) is 2.38. The maximum atomic E-state index is 4.66. The molecule has 2 aromatic heterocycles. The molecule has 2 aromatic rings. The van der Waals surface area contributed by atoms with Gasteiger partial charge in [-0.1, -0.05) is 13.8 Å². The first-order chi connectivity index (χ1) is 9.58. The highest BCUT2D eigenvalue weighted by atomic mass is 79.9. The standard InChI is InChI=1S/C15H19BrN4/c1-4-18-14-7-13(5-10(2)3)19-15(20-14)11-6-12(16)9-17-8-11/h6-10H,4-5H2,1-3H3,(H,18,19,20). The largest absolute Gasteiger partial charge is 0.370 e. The van der Waals surface area contributed by atoms with Gasteiger partial charge < -0.3 is 5.32 Å². The van der Waals surface area contributed by atoms with E-state index in [4.69, 9.17) is 0 Å². The number of nitrogens with one attached hydrogen (secondary N) is 1. The molecule has 106 valence electrons. The molecule has 0 saturated heterocycles. The molecule has 0 spiro atoms. The highest BCUT2D eigenvalue weighted by Crippen LogP contribution is 2.21. The topological polar surface area (TPSA) is 50.7 Å². The normalized spacial score (nSPS) is 10.8. The molecule has 0 unspecified atom stereocenters. The third-order valence-electron chi connectivity index (χ3n) is 2.72. The van der Waals surface area contributed by atoms with E-state index in [1.54, 1.807) is 12.4 Å². The van der Waals surface area contributed by atoms with E-state index in [-0.39, 0.29) is 0 Å². The summed E-state index contributed by atoms with van der Waals surface area (Å²) in [5.74, 6) is 2.15. The summed E-state index contributed by atoms with van der Waals surface area (Å²) in [5, 5.41) is 3.26. The third kappa shape index (κ3) is 4.00. The van der Waals surface area contributed by atoms with Crippen molar-refractivity contribution in [2.24, 2.45) is 5.92 Å². The smallest absolute Gasteiger partial charge is 0.163 e. The van der Waals surface area contributed by atoms with Gasteiger partial charge in [0.1, 0.15) is 5.82 Å². The predicted molar refractivity (Wildman–Crippen MR) is 85.7 cm³/mol. The number of rotatable bonds is 5. The zero-order valence-electron chi connectivity index (χ0n) is 12.0. The maximum Gasteiger partial charge on any atom is 0.163 e. The van der Waals surface area contributed by atoms with E-state index in [1.807, 2.05) is 12.1 Å². The van der Waals surface area contributed by atoms with Gasteiger partial charge in [0.25, 0.3) is 0 Å². The van der Waals surface area contributed by atoms with Gasteiger partial charge in [0.2, 0.25) is 0 Å². The minimum atomic E-state index is 0.563. The van der Waals surface area contributed by atoms with E-state index >= 15 is 0 Å². The number of aromatic nitrogens is 3. The van der Waals surface area contributed by atoms with Crippen LogP contribution in [0.1, 0.15) is 26.5 Å². The summed E-state index contributed by atoms with van der Waals surface area (Å²) in [5.41, 5.74) is 1.98. The van der Waals surface area contributed by atoms with Crippen molar-refractivity contribution < 1.29 is 0 Å². The molecule has 2 heterocycles. The lowest BCUT2D eigenvalue weighted by Gasteiger charge is -2.10. The first-order valence-corrected chi connectivity index (χ1v) is 7.60. The van der Waals surface area contributed by atoms with Crippen LogP contribution >= 0.6 is 15.9 Å². The molecule has 0 saturated carbocycles. The number of hydrogen-bond acceptors (Lipinski definition) is 4. The second kappa shape index (κ2) is 6.79. The van der Waals surface area contributed by atoms with Crippen LogP contribution in [0.2, 0.25) is 0 Å². The van der Waals surface area contributed by atoms with Crippen molar-refractivity contribution in [1.29, 1.82) is 0 Å². The van der Waals surface area contributed by atoms with Gasteiger partial charge in [-0.2, -0.15) is 0 Å². The number of pyridine rings is 1. The molecule has 0 amide bonds. The van der Waals surface area contributed by atoms with Crippen LogP contribution in [0.4, 0.5) is 5.82 Å². The Morgan fingerprint density at radius 3 is 2.65 bits per heavy atom. The summed E-state index contributed by atoms with van der Waals surface area (Å²) in [7, 11) is 0. The lowest BCUT2D eigenvalue weighted by molar-refractivity contribution is 0.635. The van der Waals surface area contributed by atoms with Crippen LogP contribution in [0.25, 0.3) is 11.4 Å². The van der Waals surface area contributed by atoms with E-state index < -0.39 is 0 Å². The fraction of sp³-hybridized carbons (Fsp3) is 0.400. The van der Waals surface area contributed by atoms with Gasteiger partial charge in [-0.15, -0.1) is 0 Å². The number of hydrogen-bond donors (Lipinski definition) is 1. The van der Waals surface area contributed by atoms with Crippen LogP contribution in [-0.4, -0.2) is 21.5 Å². The highest BCUT2D eigenvalue weighted by molar-refractivity contribution is 9.10. The fourth-order valence-corrected chi connectivity index (χ4v) is 2.32. The molecule has 5 heteroatoms. The summed E-state index contributed by atoms with van der Waals surface area (Å²) < 4.78 is 0.929. The van der Waals surface area contributed by atoms with E-state index in [9.17, 15) is 0 Å². The molecular formula is C15H19BrN4. The van der Waals surface area contributed by atoms with Gasteiger partial charge >= 0.3 is 0 Å². The lowest BCUT2D eigenvalue weighted by atomic mass is 10.1. The summed E-state index contributed by atoms with van der Waals surface area (Å²) in [6.45, 7) is 7.28. The maximum absolute atomic E-state index is 4.66. The SMILES string of the molecule is CCNc1cc(CC(C)C)nc(-c2cncc(Br)c2)n1. The molecule has 0 aromatic carbocycles. The quantitative estimate of drug-likeness (QED) is 0.899. The zero-order valence-corrected chi connectivity index (χ0v) is 13.6. The highest BCUT2D eigenvalue weighted by Gasteiger charge is 2.09. The molecule has 0 aliphatic rings. The number of halogens is 1. The van der Waals surface area contributed by atoms with Crippen molar-refractivity contribution in [1.82, 2.24) is 15.0 Å². The van der Waals surface area contributed by atoms with E-state index in [0.29, 0.717) is 11.7 Å². The zero-order chi connectivity index (χ0) is 14.5. The van der Waals surface area contributed by atoms with Crippen molar-refractivity contribution >= 4 is 21.7 Å². The molecule has 0 aliphatic carbocycles. The second-order valence-corrected chi connectivity index (χ2v) is 6.00. The molecule has 0 bridgehead atoms. The van der Waals surface area contributed by atoms with Crippen LogP contribution in [0, 0.1) is 5.92 Å². The summed E-state index contributed by atoms with van der Waals surface area (Å²) in [4.78, 5) is 13.4. The summed E-state index contributed by atoms with van der Waals surface area (Å²) in [6.07, 6.45) is 4.48. The monoisotopic (exact) mass is 334 g/mol. The molecule has 0 atom stereocenters. The summed E-state index contributed by atoms with van der Waals surface area (Å²) in [6, 6.07) is 4.01. The van der Waals surface area contributed by atoms with Gasteiger partial charge in [0.05, 0.1) is 0 Å². The second-order valence-electron chi connectivity index (χ2n) is 5.09. The molecule has 2 rings (SSSR count). The van der Waals surface area contributed by atoms with Gasteiger partial charge in [-0.3, -0.25) is 4.98 Å². The first-order valence-electron chi connectivity index (χ1n) is 6.81. The van der Waals surface area contributed by atoms with Crippen molar-refractivity contribution in [2.75, 3.05) is 11.9 Å². The molecule has 0 aliphatic heterocycles. The van der Waals surface area contributed by atoms with Crippen LogP contribution in [0.15, 0.2) is 29.0 Å². The molecule has 0 radical (unpaired) electrons. The van der Waals surface area contributed by atoms with Crippen LogP contribution in [0.3, 0.4) is 0 Å². The molecular weight excluding hydrogens is 316 g/mol. The van der Waals surface area contributed by atoms with Crippen molar-refractivity contribution in [3.05, 3.63) is 34.7 Å². The average molecular weight is 335 g/mol. The van der Waals surface area contributed by atoms with Gasteiger partial charge in [0.15, 0.2) is 5.82 Å². The Bertz CT molecular complexity index is 584. The molecule has 20 heavy (non-hydrogen) atoms. The predicted octanol–water partition coefficient (Wildman–Crippen LogP) is 3.93. The lowest BCUT2D eigenvalue weighted by Crippen LogP contribution is -2.06. The Labute approximate surface area is 128 Å². The van der Waals surface area contributed by atoms with Crippen LogP contribution < -0.4 is 5.32 Å². The van der Waals surface area contributed by atoms with Crippen molar-refractivity contribution in [2.45, 2.75) is 27.2 Å². The molecule has 4 nitrogen and oxygen atoms in total. The third-order valence-corrected chi connectivity index (χ3v) is 3.15. The minimum Gasteiger partial charge on any atom is -0.370 e. The number of nitrogens with zero attached hydrogens (tertiary/aromatic N) is 3. The van der Waals surface area contributed by atoms with Crippen LogP contribution in [-0.2, 0) is 6.42 Å². The Balaban J connectivity index is 2.43. The minimum absolute atomic E-state index is 0.563. The molecule has 0 fully saturated rings. The summed E-state index contributed by atoms with van der Waals surface area (Å²) >= 11 is 3.43. The van der Waals surface area contributed by atoms with Gasteiger partial charge in [0, 0.05) is 40.7 Å². The van der Waals surface area contributed by atoms with Gasteiger partial charge in [-0.05, 0) is 41.3 Å². The van der Waals surface area contributed by atoms with E-state index in [2.05, 4.69) is 57.0 Å². The Morgan fingerprint density at radius 2 is 2.00 bits per heavy atom. The van der Waals surface area contributed by atoms with Crippen LogP contribution in [0.5, 0.6) is 0 Å². The Hall–Kier alpha value is -1.49. The first kappa shape index (κ1) is 14.9.